The van der Waals surface area contributed by atoms with E-state index >= 15 is 0 Å². The van der Waals surface area contributed by atoms with E-state index in [2.05, 4.69) is 46.3 Å². The first-order chi connectivity index (χ1) is 16.4. The van der Waals surface area contributed by atoms with Gasteiger partial charge in [0.05, 0.1) is 5.69 Å². The van der Waals surface area contributed by atoms with Crippen LogP contribution in [-0.4, -0.2) is 16.6 Å². The summed E-state index contributed by atoms with van der Waals surface area (Å²) in [5.74, 6) is -0.183. The van der Waals surface area contributed by atoms with Crippen LogP contribution in [0.15, 0.2) is 108 Å². The molecule has 0 spiro atoms. The minimum atomic E-state index is -1.38. The first-order valence-corrected chi connectivity index (χ1v) is 10.3. The molecule has 0 bridgehead atoms. The van der Waals surface area contributed by atoms with Crippen LogP contribution in [0.1, 0.15) is 56.9 Å². The van der Waals surface area contributed by atoms with Gasteiger partial charge in [-0.15, -0.1) is 20.5 Å². The number of pyridine rings is 1. The van der Waals surface area contributed by atoms with Gasteiger partial charge in [0, 0.05) is 34.0 Å². The number of hydrogen-bond donors (Lipinski definition) is 0. The van der Waals surface area contributed by atoms with Crippen LogP contribution in [0.5, 0.6) is 0 Å². The highest BCUT2D eigenvalue weighted by atomic mass is 16.1. The van der Waals surface area contributed by atoms with Gasteiger partial charge in [0.2, 0.25) is 5.66 Å². The van der Waals surface area contributed by atoms with Gasteiger partial charge in [0.1, 0.15) is 0 Å². The summed E-state index contributed by atoms with van der Waals surface area (Å²) in [5.41, 5.74) is 0.509. The predicted octanol–water partition coefficient (Wildman–Crippen LogP) is 5.56. The van der Waals surface area contributed by atoms with Crippen LogP contribution in [0, 0.1) is 0 Å². The second-order valence-electron chi connectivity index (χ2n) is 7.81. The molecular formula is C23H17N9O2. The fourth-order valence-electron chi connectivity index (χ4n) is 3.89. The summed E-state index contributed by atoms with van der Waals surface area (Å²) >= 11 is 0. The third kappa shape index (κ3) is 3.34. The molecule has 2 aliphatic heterocycles. The number of aromatic nitrogens is 1. The lowest BCUT2D eigenvalue weighted by atomic mass is 9.88. The van der Waals surface area contributed by atoms with E-state index in [1.165, 1.54) is 13.8 Å². The standard InChI is InChI=1S/C23H17N9O2/c1-14(33)16-5-3-7-18(11-16)22(25-29-30-26-22)20-9-10-24-21(13-20)23(27-31-32-28-23)19-8-4-6-17(12-19)15(2)34/h3-13H,1-2H3. The molecular weight excluding hydrogens is 434 g/mol. The van der Waals surface area contributed by atoms with E-state index < -0.39 is 11.3 Å². The maximum atomic E-state index is 12.0. The molecule has 0 saturated heterocycles. The lowest BCUT2D eigenvalue weighted by molar-refractivity contribution is 0.100. The smallest absolute Gasteiger partial charge is 0.261 e. The van der Waals surface area contributed by atoms with Crippen LogP contribution < -0.4 is 0 Å². The highest BCUT2D eigenvalue weighted by Gasteiger charge is 2.43. The molecule has 166 valence electrons. The van der Waals surface area contributed by atoms with Crippen LogP contribution in [0.25, 0.3) is 0 Å². The average molecular weight is 451 g/mol. The molecule has 0 fully saturated rings. The average Bonchev–Trinajstić information content (AvgIpc) is 3.56. The second kappa shape index (κ2) is 8.03. The Hall–Kier alpha value is -4.67. The third-order valence-corrected chi connectivity index (χ3v) is 5.70. The molecule has 11 nitrogen and oxygen atoms in total. The first kappa shape index (κ1) is 21.2. The molecule has 0 saturated carbocycles. The molecule has 0 radical (unpaired) electrons. The molecule has 0 unspecified atom stereocenters. The zero-order valence-corrected chi connectivity index (χ0v) is 18.2. The molecule has 5 rings (SSSR count). The van der Waals surface area contributed by atoms with Gasteiger partial charge in [0.25, 0.3) is 5.66 Å². The molecule has 0 amide bonds. The summed E-state index contributed by atoms with van der Waals surface area (Å²) in [7, 11) is 0. The molecule has 3 heterocycles. The Morgan fingerprint density at radius 3 is 1.62 bits per heavy atom. The Bertz CT molecular complexity index is 1310. The van der Waals surface area contributed by atoms with Gasteiger partial charge in [-0.25, -0.2) is 0 Å². The van der Waals surface area contributed by atoms with Crippen LogP contribution in [0.2, 0.25) is 0 Å². The summed E-state index contributed by atoms with van der Waals surface area (Å²) in [6, 6.07) is 17.4. The molecule has 3 aromatic rings. The van der Waals surface area contributed by atoms with Crippen molar-refractivity contribution in [1.82, 2.24) is 4.98 Å². The number of Topliss-reactive ketones (excluding diaryl/α,β-unsaturated/α-hetero) is 2. The van der Waals surface area contributed by atoms with E-state index in [0.717, 1.165) is 0 Å². The topological polar surface area (TPSA) is 146 Å². The molecule has 0 N–H and O–H groups in total. The monoisotopic (exact) mass is 451 g/mol. The van der Waals surface area contributed by atoms with Gasteiger partial charge in [-0.1, -0.05) is 36.4 Å². The van der Waals surface area contributed by atoms with Gasteiger partial charge >= 0.3 is 0 Å². The van der Waals surface area contributed by atoms with Crippen molar-refractivity contribution in [2.45, 2.75) is 25.2 Å². The highest BCUT2D eigenvalue weighted by molar-refractivity contribution is 5.94. The first-order valence-electron chi connectivity index (χ1n) is 10.3. The van der Waals surface area contributed by atoms with E-state index in [0.29, 0.717) is 33.5 Å². The van der Waals surface area contributed by atoms with Crippen LogP contribution in [0.4, 0.5) is 0 Å². The van der Waals surface area contributed by atoms with Gasteiger partial charge in [-0.05, 0) is 59.0 Å². The normalized spacial score (nSPS) is 16.8. The number of hydrogen-bond acceptors (Lipinski definition) is 11. The lowest BCUT2D eigenvalue weighted by Gasteiger charge is -2.24. The van der Waals surface area contributed by atoms with Crippen molar-refractivity contribution < 1.29 is 9.59 Å². The Kier molecular flexibility index (Phi) is 5.01. The Morgan fingerprint density at radius 2 is 1.09 bits per heavy atom. The maximum Gasteiger partial charge on any atom is 0.261 e. The van der Waals surface area contributed by atoms with Gasteiger partial charge < -0.3 is 0 Å². The number of carbonyl (C=O) groups excluding carboxylic acids is 2. The fourth-order valence-corrected chi connectivity index (χ4v) is 3.89. The molecule has 0 atom stereocenters. The Morgan fingerprint density at radius 1 is 0.618 bits per heavy atom. The van der Waals surface area contributed by atoms with E-state index in [4.69, 9.17) is 0 Å². The van der Waals surface area contributed by atoms with Gasteiger partial charge in [-0.2, -0.15) is 0 Å². The van der Waals surface area contributed by atoms with E-state index in [9.17, 15) is 9.59 Å². The van der Waals surface area contributed by atoms with E-state index in [1.54, 1.807) is 66.9 Å². The van der Waals surface area contributed by atoms with Crippen molar-refractivity contribution in [2.75, 3.05) is 0 Å². The highest BCUT2D eigenvalue weighted by Crippen LogP contribution is 2.43. The van der Waals surface area contributed by atoms with Crippen LogP contribution in [-0.2, 0) is 11.3 Å². The molecule has 34 heavy (non-hydrogen) atoms. The van der Waals surface area contributed by atoms with Crippen molar-refractivity contribution in [1.29, 1.82) is 0 Å². The zero-order chi connectivity index (χ0) is 23.8. The molecule has 2 aromatic carbocycles. The number of rotatable bonds is 6. The molecule has 0 aliphatic carbocycles. The SMILES string of the molecule is CC(=O)c1cccc(C2(c3ccnc(C4(c5cccc(C(C)=O)c5)N=NN=N4)c3)N=NN=N2)c1. The summed E-state index contributed by atoms with van der Waals surface area (Å²) in [4.78, 5) is 28.4. The summed E-state index contributed by atoms with van der Waals surface area (Å²) in [6.07, 6.45) is 1.57. The van der Waals surface area contributed by atoms with Crippen molar-refractivity contribution in [3.8, 4) is 0 Å². The Labute approximate surface area is 193 Å². The Balaban J connectivity index is 1.67. The quantitative estimate of drug-likeness (QED) is 0.452. The summed E-state index contributed by atoms with van der Waals surface area (Å²) in [5, 5.41) is 32.1. The second-order valence-corrected chi connectivity index (χ2v) is 7.81. The molecule has 1 aromatic heterocycles. The number of carbonyl (C=O) groups is 2. The number of nitrogens with zero attached hydrogens (tertiary/aromatic N) is 9. The zero-order valence-electron chi connectivity index (χ0n) is 18.2. The maximum absolute atomic E-state index is 12.0. The largest absolute Gasteiger partial charge is 0.295 e. The lowest BCUT2D eigenvalue weighted by Crippen LogP contribution is -2.26. The van der Waals surface area contributed by atoms with Crippen molar-refractivity contribution in [3.05, 3.63) is 100 Å². The van der Waals surface area contributed by atoms with Crippen molar-refractivity contribution in [3.63, 3.8) is 0 Å². The third-order valence-electron chi connectivity index (χ3n) is 5.70. The summed E-state index contributed by atoms with van der Waals surface area (Å²) < 4.78 is 0. The number of ketones is 2. The predicted molar refractivity (Wildman–Crippen MR) is 118 cm³/mol. The van der Waals surface area contributed by atoms with E-state index in [-0.39, 0.29) is 11.6 Å². The van der Waals surface area contributed by atoms with Crippen molar-refractivity contribution >= 4 is 11.6 Å². The minimum Gasteiger partial charge on any atom is -0.295 e. The van der Waals surface area contributed by atoms with Crippen LogP contribution >= 0.6 is 0 Å². The minimum absolute atomic E-state index is 0.0876. The summed E-state index contributed by atoms with van der Waals surface area (Å²) in [6.45, 7) is 2.97. The van der Waals surface area contributed by atoms with Gasteiger partial charge in [-0.3, -0.25) is 14.6 Å². The molecule has 2 aliphatic rings. The molecule has 11 heteroatoms. The van der Waals surface area contributed by atoms with E-state index in [1.807, 2.05) is 0 Å². The van der Waals surface area contributed by atoms with Gasteiger partial charge in [0.15, 0.2) is 11.6 Å². The van der Waals surface area contributed by atoms with Crippen molar-refractivity contribution in [2.24, 2.45) is 41.4 Å². The fraction of sp³-hybridized carbons (Fsp3) is 0.174. The van der Waals surface area contributed by atoms with Crippen LogP contribution in [0.3, 0.4) is 0 Å². The number of benzene rings is 2.